The first kappa shape index (κ1) is 19.1. The van der Waals surface area contributed by atoms with E-state index >= 15 is 0 Å². The molecule has 6 heteroatoms. The molecule has 3 rings (SSSR count). The molecular weight excluding hydrogens is 343 g/mol. The second-order valence-corrected chi connectivity index (χ2v) is 6.85. The maximum atomic E-state index is 13.5. The molecule has 0 spiro atoms. The van der Waals surface area contributed by atoms with Crippen LogP contribution in [0.3, 0.4) is 0 Å². The summed E-state index contributed by atoms with van der Waals surface area (Å²) in [5.41, 5.74) is 7.98. The average molecular weight is 365 g/mol. The summed E-state index contributed by atoms with van der Waals surface area (Å²) in [5.74, 6) is -0.0208. The van der Waals surface area contributed by atoms with Gasteiger partial charge in [-0.25, -0.2) is 4.39 Å². The number of hydrogen-bond donors (Lipinski definition) is 2. The zero-order chi connectivity index (χ0) is 17.5. The van der Waals surface area contributed by atoms with Crippen LogP contribution in [0.4, 0.5) is 10.1 Å². The van der Waals surface area contributed by atoms with Gasteiger partial charge in [-0.05, 0) is 56.7 Å². The number of rotatable bonds is 2. The topological polar surface area (TPSA) is 64.3 Å². The minimum atomic E-state index is -0.428. The molecule has 2 aromatic carbocycles. The largest absolute Gasteiger partial charge is 0.487 e. The smallest absolute Gasteiger partial charge is 0.252 e. The molecule has 0 saturated heterocycles. The number of halogens is 2. The number of amides is 1. The molecule has 1 aliphatic heterocycles. The number of nitrogen functional groups attached to an aromatic ring is 1. The molecule has 2 aromatic rings. The molecule has 134 valence electrons. The Morgan fingerprint density at radius 1 is 1.28 bits per heavy atom. The Labute approximate surface area is 153 Å². The van der Waals surface area contributed by atoms with Crippen LogP contribution < -0.4 is 15.8 Å². The second kappa shape index (κ2) is 6.92. The van der Waals surface area contributed by atoms with Crippen LogP contribution in [0.1, 0.15) is 47.8 Å². The highest BCUT2D eigenvalue weighted by atomic mass is 35.5. The highest BCUT2D eigenvalue weighted by molar-refractivity contribution is 5.96. The van der Waals surface area contributed by atoms with Crippen molar-refractivity contribution in [1.29, 1.82) is 0 Å². The number of nitrogens with two attached hydrogens (primary N) is 1. The highest BCUT2D eigenvalue weighted by Gasteiger charge is 2.35. The number of hydrogen-bond acceptors (Lipinski definition) is 3. The van der Waals surface area contributed by atoms with Crippen LogP contribution in [0.5, 0.6) is 5.75 Å². The molecule has 0 radical (unpaired) electrons. The lowest BCUT2D eigenvalue weighted by atomic mass is 9.89. The number of fused-ring (bicyclic) bond motifs is 1. The summed E-state index contributed by atoms with van der Waals surface area (Å²) in [6.07, 6.45) is 0.601. The third-order valence-corrected chi connectivity index (χ3v) is 4.24. The van der Waals surface area contributed by atoms with E-state index in [1.165, 1.54) is 12.1 Å². The molecule has 0 fully saturated rings. The molecule has 4 nitrogen and oxygen atoms in total. The van der Waals surface area contributed by atoms with Crippen molar-refractivity contribution in [2.45, 2.75) is 38.8 Å². The minimum absolute atomic E-state index is 0. The monoisotopic (exact) mass is 364 g/mol. The van der Waals surface area contributed by atoms with Crippen molar-refractivity contribution in [3.63, 3.8) is 0 Å². The van der Waals surface area contributed by atoms with Crippen LogP contribution in [0, 0.1) is 12.7 Å². The van der Waals surface area contributed by atoms with Crippen LogP contribution in [-0.2, 0) is 0 Å². The molecule has 1 amide bonds. The van der Waals surface area contributed by atoms with Crippen molar-refractivity contribution in [2.75, 3.05) is 5.73 Å². The van der Waals surface area contributed by atoms with E-state index in [1.54, 1.807) is 19.1 Å². The number of ether oxygens (including phenoxy) is 1. The summed E-state index contributed by atoms with van der Waals surface area (Å²) < 4.78 is 19.5. The van der Waals surface area contributed by atoms with Gasteiger partial charge in [-0.2, -0.15) is 0 Å². The summed E-state index contributed by atoms with van der Waals surface area (Å²) >= 11 is 0. The van der Waals surface area contributed by atoms with Gasteiger partial charge in [-0.15, -0.1) is 12.4 Å². The number of anilines is 1. The van der Waals surface area contributed by atoms with Gasteiger partial charge in [0.15, 0.2) is 0 Å². The van der Waals surface area contributed by atoms with E-state index in [2.05, 4.69) is 5.32 Å². The number of benzene rings is 2. The maximum absolute atomic E-state index is 13.5. The predicted molar refractivity (Wildman–Crippen MR) is 98.8 cm³/mol. The third-order valence-electron chi connectivity index (χ3n) is 4.24. The average Bonchev–Trinajstić information content (AvgIpc) is 2.49. The van der Waals surface area contributed by atoms with Gasteiger partial charge in [0, 0.05) is 23.2 Å². The third kappa shape index (κ3) is 4.04. The fourth-order valence-corrected chi connectivity index (χ4v) is 3.08. The van der Waals surface area contributed by atoms with Crippen LogP contribution >= 0.6 is 12.4 Å². The summed E-state index contributed by atoms with van der Waals surface area (Å²) in [7, 11) is 0. The molecule has 0 aliphatic carbocycles. The fraction of sp³-hybridized carbons (Fsp3) is 0.316. The second-order valence-electron chi connectivity index (χ2n) is 6.85. The predicted octanol–water partition coefficient (Wildman–Crippen LogP) is 4.17. The number of carbonyl (C=O) groups is 1. The van der Waals surface area contributed by atoms with E-state index in [0.717, 1.165) is 11.1 Å². The van der Waals surface area contributed by atoms with Crippen molar-refractivity contribution in [1.82, 2.24) is 5.32 Å². The number of aryl methyl sites for hydroxylation is 1. The van der Waals surface area contributed by atoms with E-state index < -0.39 is 11.4 Å². The first-order chi connectivity index (χ1) is 11.2. The van der Waals surface area contributed by atoms with Gasteiger partial charge < -0.3 is 15.8 Å². The lowest BCUT2D eigenvalue weighted by Crippen LogP contribution is -2.41. The molecule has 1 heterocycles. The molecule has 3 N–H and O–H groups in total. The number of carbonyl (C=O) groups excluding carboxylic acids is 1. The van der Waals surface area contributed by atoms with Crippen molar-refractivity contribution in [3.8, 4) is 5.75 Å². The first-order valence-corrected chi connectivity index (χ1v) is 7.91. The Morgan fingerprint density at radius 2 is 2.00 bits per heavy atom. The summed E-state index contributed by atoms with van der Waals surface area (Å²) in [6.45, 7) is 5.73. The van der Waals surface area contributed by atoms with Gasteiger partial charge in [0.2, 0.25) is 0 Å². The van der Waals surface area contributed by atoms with E-state index in [9.17, 15) is 9.18 Å². The SMILES string of the molecule is Cc1ccc(F)cc1C(=O)NC1CC(C)(C)Oc2ccc(N)cc21.Cl. The van der Waals surface area contributed by atoms with E-state index in [-0.39, 0.29) is 24.4 Å². The molecule has 1 unspecified atom stereocenters. The quantitative estimate of drug-likeness (QED) is 0.786. The lowest BCUT2D eigenvalue weighted by Gasteiger charge is -2.38. The van der Waals surface area contributed by atoms with Crippen molar-refractivity contribution < 1.29 is 13.9 Å². The summed E-state index contributed by atoms with van der Waals surface area (Å²) in [6, 6.07) is 9.36. The molecule has 1 atom stereocenters. The van der Waals surface area contributed by atoms with Gasteiger partial charge in [0.05, 0.1) is 6.04 Å². The zero-order valence-corrected chi connectivity index (χ0v) is 15.2. The van der Waals surface area contributed by atoms with Crippen LogP contribution in [0.15, 0.2) is 36.4 Å². The van der Waals surface area contributed by atoms with Gasteiger partial charge in [-0.1, -0.05) is 6.07 Å². The Hall–Kier alpha value is -2.27. The molecular formula is C19H22ClFN2O2. The normalized spacial score (nSPS) is 17.7. The fourth-order valence-electron chi connectivity index (χ4n) is 3.08. The van der Waals surface area contributed by atoms with E-state index in [4.69, 9.17) is 10.5 Å². The van der Waals surface area contributed by atoms with E-state index in [0.29, 0.717) is 23.4 Å². The van der Waals surface area contributed by atoms with E-state index in [1.807, 2.05) is 26.0 Å². The van der Waals surface area contributed by atoms with Crippen LogP contribution in [-0.4, -0.2) is 11.5 Å². The van der Waals surface area contributed by atoms with Crippen molar-refractivity contribution in [3.05, 3.63) is 58.9 Å². The Morgan fingerprint density at radius 3 is 2.72 bits per heavy atom. The molecule has 25 heavy (non-hydrogen) atoms. The highest BCUT2D eigenvalue weighted by Crippen LogP contribution is 2.40. The Kier molecular flexibility index (Phi) is 5.28. The van der Waals surface area contributed by atoms with Gasteiger partial charge >= 0.3 is 0 Å². The number of nitrogens with one attached hydrogen (secondary N) is 1. The molecule has 1 aliphatic rings. The Bertz CT molecular complexity index is 808. The van der Waals surface area contributed by atoms with Crippen molar-refractivity contribution >= 4 is 24.0 Å². The Balaban J connectivity index is 0.00000225. The summed E-state index contributed by atoms with van der Waals surface area (Å²) in [5, 5.41) is 3.00. The van der Waals surface area contributed by atoms with Crippen LogP contribution in [0.2, 0.25) is 0 Å². The standard InChI is InChI=1S/C19H21FN2O2.ClH/c1-11-4-5-12(20)8-14(11)18(23)22-16-10-19(2,3)24-17-7-6-13(21)9-15(16)17;/h4-9,16H,10,21H2,1-3H3,(H,22,23);1H. The minimum Gasteiger partial charge on any atom is -0.487 e. The molecule has 0 bridgehead atoms. The first-order valence-electron chi connectivity index (χ1n) is 7.91. The molecule has 0 saturated carbocycles. The van der Waals surface area contributed by atoms with Crippen LogP contribution in [0.25, 0.3) is 0 Å². The summed E-state index contributed by atoms with van der Waals surface area (Å²) in [4.78, 5) is 12.6. The van der Waals surface area contributed by atoms with Gasteiger partial charge in [-0.3, -0.25) is 4.79 Å². The van der Waals surface area contributed by atoms with Crippen molar-refractivity contribution in [2.24, 2.45) is 0 Å². The molecule has 0 aromatic heterocycles. The zero-order valence-electron chi connectivity index (χ0n) is 14.4. The lowest BCUT2D eigenvalue weighted by molar-refractivity contribution is 0.0620. The maximum Gasteiger partial charge on any atom is 0.252 e. The van der Waals surface area contributed by atoms with Gasteiger partial charge in [0.25, 0.3) is 5.91 Å². The van der Waals surface area contributed by atoms with Gasteiger partial charge in [0.1, 0.15) is 17.2 Å².